The van der Waals surface area contributed by atoms with E-state index in [1.54, 1.807) is 0 Å². The van der Waals surface area contributed by atoms with Gasteiger partial charge in [0.2, 0.25) is 5.91 Å². The second-order valence-corrected chi connectivity index (χ2v) is 7.35. The summed E-state index contributed by atoms with van der Waals surface area (Å²) in [7, 11) is 0. The topological polar surface area (TPSA) is 66.8 Å². The molecule has 1 aromatic carbocycles. The van der Waals surface area contributed by atoms with Gasteiger partial charge < -0.3 is 14.7 Å². The fourth-order valence-corrected chi connectivity index (χ4v) is 4.25. The van der Waals surface area contributed by atoms with Crippen LogP contribution in [0.2, 0.25) is 0 Å². The fraction of sp³-hybridized carbons (Fsp3) is 0.600. The van der Waals surface area contributed by atoms with Crippen LogP contribution in [-0.2, 0) is 19.7 Å². The van der Waals surface area contributed by atoms with Crippen LogP contribution in [0.5, 0.6) is 0 Å². The number of carboxylic acids is 1. The standard InChI is InChI=1S/C20H27NO4/c1-15-6-5-7-16(12-15)20(8-3-2-4-9-20)19(24)21-10-11-25-17(14-21)13-18(22)23/h5-7,12,17H,2-4,8-11,13-14H2,1H3,(H,22,23). The first-order valence-electron chi connectivity index (χ1n) is 9.21. The minimum absolute atomic E-state index is 0.0543. The number of carbonyl (C=O) groups is 2. The van der Waals surface area contributed by atoms with Crippen molar-refractivity contribution in [1.29, 1.82) is 0 Å². The van der Waals surface area contributed by atoms with Crippen LogP contribution in [0.3, 0.4) is 0 Å². The molecule has 1 atom stereocenters. The highest BCUT2D eigenvalue weighted by Gasteiger charge is 2.44. The molecule has 0 bridgehead atoms. The van der Waals surface area contributed by atoms with Crippen molar-refractivity contribution >= 4 is 11.9 Å². The number of amides is 1. The summed E-state index contributed by atoms with van der Waals surface area (Å²) >= 11 is 0. The first-order chi connectivity index (χ1) is 12.0. The molecule has 1 N–H and O–H groups in total. The number of aryl methyl sites for hydroxylation is 1. The molecule has 25 heavy (non-hydrogen) atoms. The van der Waals surface area contributed by atoms with Gasteiger partial charge in [-0.05, 0) is 25.3 Å². The normalized spacial score (nSPS) is 23.2. The lowest BCUT2D eigenvalue weighted by molar-refractivity contribution is -0.151. The van der Waals surface area contributed by atoms with Crippen LogP contribution >= 0.6 is 0 Å². The zero-order valence-corrected chi connectivity index (χ0v) is 14.9. The highest BCUT2D eigenvalue weighted by molar-refractivity contribution is 5.88. The van der Waals surface area contributed by atoms with Gasteiger partial charge in [-0.15, -0.1) is 0 Å². The molecule has 1 amide bonds. The van der Waals surface area contributed by atoms with Crippen LogP contribution in [0.15, 0.2) is 24.3 Å². The lowest BCUT2D eigenvalue weighted by Crippen LogP contribution is -2.54. The van der Waals surface area contributed by atoms with E-state index in [-0.39, 0.29) is 12.3 Å². The molecule has 0 aromatic heterocycles. The lowest BCUT2D eigenvalue weighted by Gasteiger charge is -2.43. The molecule has 0 radical (unpaired) electrons. The van der Waals surface area contributed by atoms with Crippen molar-refractivity contribution in [2.75, 3.05) is 19.7 Å². The molecule has 5 heteroatoms. The van der Waals surface area contributed by atoms with E-state index in [9.17, 15) is 9.59 Å². The van der Waals surface area contributed by atoms with Crippen molar-refractivity contribution in [2.24, 2.45) is 0 Å². The number of aliphatic carboxylic acids is 1. The summed E-state index contributed by atoms with van der Waals surface area (Å²) in [5.74, 6) is -0.734. The summed E-state index contributed by atoms with van der Waals surface area (Å²) in [5, 5.41) is 9.02. The van der Waals surface area contributed by atoms with Gasteiger partial charge in [0.25, 0.3) is 0 Å². The second kappa shape index (κ2) is 7.56. The average Bonchev–Trinajstić information content (AvgIpc) is 2.61. The molecular formula is C20H27NO4. The molecule has 1 saturated heterocycles. The van der Waals surface area contributed by atoms with Gasteiger partial charge in [-0.2, -0.15) is 0 Å². The van der Waals surface area contributed by atoms with Crippen molar-refractivity contribution in [3.8, 4) is 0 Å². The number of ether oxygens (including phenoxy) is 1. The van der Waals surface area contributed by atoms with E-state index < -0.39 is 17.5 Å². The SMILES string of the molecule is Cc1cccc(C2(C(=O)N3CCOC(CC(=O)O)C3)CCCCC2)c1. The van der Waals surface area contributed by atoms with Crippen molar-refractivity contribution < 1.29 is 19.4 Å². The molecule has 1 saturated carbocycles. The van der Waals surface area contributed by atoms with Gasteiger partial charge in [0, 0.05) is 13.1 Å². The molecule has 3 rings (SSSR count). The number of nitrogens with zero attached hydrogens (tertiary/aromatic N) is 1. The van der Waals surface area contributed by atoms with Gasteiger partial charge in [0.1, 0.15) is 0 Å². The van der Waals surface area contributed by atoms with Gasteiger partial charge in [-0.25, -0.2) is 0 Å². The minimum atomic E-state index is -0.884. The van der Waals surface area contributed by atoms with Crippen LogP contribution in [0.25, 0.3) is 0 Å². The third-order valence-corrected chi connectivity index (χ3v) is 5.52. The Kier molecular flexibility index (Phi) is 5.42. The summed E-state index contributed by atoms with van der Waals surface area (Å²) in [4.78, 5) is 26.4. The predicted octanol–water partition coefficient (Wildman–Crippen LogP) is 2.90. The van der Waals surface area contributed by atoms with Gasteiger partial charge in [0.05, 0.1) is 24.5 Å². The Bertz CT molecular complexity index is 636. The zero-order valence-electron chi connectivity index (χ0n) is 14.9. The van der Waals surface area contributed by atoms with E-state index in [0.29, 0.717) is 19.7 Å². The van der Waals surface area contributed by atoms with Gasteiger partial charge >= 0.3 is 5.97 Å². The zero-order chi connectivity index (χ0) is 17.9. The van der Waals surface area contributed by atoms with Crippen LogP contribution in [0, 0.1) is 6.92 Å². The van der Waals surface area contributed by atoms with E-state index in [4.69, 9.17) is 9.84 Å². The molecule has 1 unspecified atom stereocenters. The van der Waals surface area contributed by atoms with Crippen molar-refractivity contribution in [2.45, 2.75) is 57.0 Å². The van der Waals surface area contributed by atoms with Crippen LogP contribution in [0.1, 0.15) is 49.7 Å². The van der Waals surface area contributed by atoms with Gasteiger partial charge in [0.15, 0.2) is 0 Å². The Morgan fingerprint density at radius 2 is 2.04 bits per heavy atom. The average molecular weight is 345 g/mol. The molecule has 2 aliphatic rings. The lowest BCUT2D eigenvalue weighted by atomic mass is 9.68. The van der Waals surface area contributed by atoms with E-state index in [0.717, 1.165) is 31.2 Å². The highest BCUT2D eigenvalue weighted by atomic mass is 16.5. The van der Waals surface area contributed by atoms with Crippen molar-refractivity contribution in [3.05, 3.63) is 35.4 Å². The Hall–Kier alpha value is -1.88. The first kappa shape index (κ1) is 17.9. The van der Waals surface area contributed by atoms with Crippen LogP contribution in [-0.4, -0.2) is 47.7 Å². The molecule has 1 aliphatic carbocycles. The molecule has 1 aliphatic heterocycles. The van der Waals surface area contributed by atoms with Crippen LogP contribution in [0.4, 0.5) is 0 Å². The van der Waals surface area contributed by atoms with E-state index in [2.05, 4.69) is 25.1 Å². The maximum Gasteiger partial charge on any atom is 0.306 e. The number of benzene rings is 1. The van der Waals surface area contributed by atoms with Crippen LogP contribution < -0.4 is 0 Å². The number of rotatable bonds is 4. The van der Waals surface area contributed by atoms with E-state index in [1.165, 1.54) is 12.0 Å². The van der Waals surface area contributed by atoms with Gasteiger partial charge in [-0.3, -0.25) is 9.59 Å². The maximum absolute atomic E-state index is 13.5. The fourth-order valence-electron chi connectivity index (χ4n) is 4.25. The molecular weight excluding hydrogens is 318 g/mol. The number of carboxylic acid groups (broad SMARTS) is 1. The number of hydrogen-bond acceptors (Lipinski definition) is 3. The Morgan fingerprint density at radius 3 is 2.72 bits per heavy atom. The Labute approximate surface area is 149 Å². The molecule has 5 nitrogen and oxygen atoms in total. The molecule has 136 valence electrons. The molecule has 0 spiro atoms. The predicted molar refractivity (Wildman–Crippen MR) is 94.5 cm³/mol. The summed E-state index contributed by atoms with van der Waals surface area (Å²) in [6, 6.07) is 8.30. The quantitative estimate of drug-likeness (QED) is 0.911. The Morgan fingerprint density at radius 1 is 1.28 bits per heavy atom. The minimum Gasteiger partial charge on any atom is -0.481 e. The highest BCUT2D eigenvalue weighted by Crippen LogP contribution is 2.41. The number of morpholine rings is 1. The van der Waals surface area contributed by atoms with E-state index in [1.807, 2.05) is 11.0 Å². The summed E-state index contributed by atoms with van der Waals surface area (Å²) < 4.78 is 5.54. The number of carbonyl (C=O) groups excluding carboxylic acids is 1. The summed E-state index contributed by atoms with van der Waals surface area (Å²) in [6.45, 7) is 3.39. The third-order valence-electron chi connectivity index (χ3n) is 5.52. The third kappa shape index (κ3) is 3.87. The molecule has 1 aromatic rings. The van der Waals surface area contributed by atoms with Crippen molar-refractivity contribution in [3.63, 3.8) is 0 Å². The Balaban J connectivity index is 1.86. The molecule has 1 heterocycles. The summed E-state index contributed by atoms with van der Waals surface area (Å²) in [5.41, 5.74) is 1.81. The van der Waals surface area contributed by atoms with Crippen molar-refractivity contribution in [1.82, 2.24) is 4.90 Å². The smallest absolute Gasteiger partial charge is 0.306 e. The number of hydrogen-bond donors (Lipinski definition) is 1. The maximum atomic E-state index is 13.5. The van der Waals surface area contributed by atoms with E-state index >= 15 is 0 Å². The monoisotopic (exact) mass is 345 g/mol. The summed E-state index contributed by atoms with van der Waals surface area (Å²) in [6.07, 6.45) is 4.57. The van der Waals surface area contributed by atoms with Gasteiger partial charge in [-0.1, -0.05) is 49.1 Å². The second-order valence-electron chi connectivity index (χ2n) is 7.35. The largest absolute Gasteiger partial charge is 0.481 e. The first-order valence-corrected chi connectivity index (χ1v) is 9.21. The molecule has 2 fully saturated rings.